The van der Waals surface area contributed by atoms with Gasteiger partial charge in [0.25, 0.3) is 0 Å². The molecule has 4 rings (SSSR count). The summed E-state index contributed by atoms with van der Waals surface area (Å²) in [7, 11) is 1.73. The lowest BCUT2D eigenvalue weighted by Crippen LogP contribution is -2.38. The largest absolute Gasteiger partial charge is 0.383 e. The summed E-state index contributed by atoms with van der Waals surface area (Å²) in [5, 5.41) is 11.0. The molecule has 1 aromatic heterocycles. The van der Waals surface area contributed by atoms with Crippen LogP contribution in [0.1, 0.15) is 45.4 Å². The first-order valence-corrected chi connectivity index (χ1v) is 13.1. The van der Waals surface area contributed by atoms with E-state index in [0.717, 1.165) is 81.8 Å². The summed E-state index contributed by atoms with van der Waals surface area (Å²) in [6.07, 6.45) is 8.03. The first-order valence-electron chi connectivity index (χ1n) is 12.7. The molecule has 192 valence electrons. The molecule has 2 aliphatic rings. The van der Waals surface area contributed by atoms with Crippen LogP contribution in [0, 0.1) is 11.2 Å². The second-order valence-corrected chi connectivity index (χ2v) is 10.6. The summed E-state index contributed by atoms with van der Waals surface area (Å²) in [5.74, 6) is 0.539. The highest BCUT2D eigenvalue weighted by molar-refractivity contribution is 6.33. The number of ether oxygens (including phenoxy) is 2. The Kier molecular flexibility index (Phi) is 9.22. The van der Waals surface area contributed by atoms with Crippen molar-refractivity contribution in [2.24, 2.45) is 5.41 Å². The summed E-state index contributed by atoms with van der Waals surface area (Å²) in [5.41, 5.74) is 2.31. The molecule has 1 aromatic carbocycles. The van der Waals surface area contributed by atoms with Gasteiger partial charge in [-0.1, -0.05) is 24.6 Å². The zero-order valence-electron chi connectivity index (χ0n) is 20.8. The van der Waals surface area contributed by atoms with Gasteiger partial charge in [-0.3, -0.25) is 0 Å². The Morgan fingerprint density at radius 3 is 2.63 bits per heavy atom. The topological polar surface area (TPSA) is 67.4 Å². The monoisotopic (exact) mass is 504 g/mol. The first kappa shape index (κ1) is 26.1. The van der Waals surface area contributed by atoms with E-state index in [1.54, 1.807) is 19.4 Å². The number of rotatable bonds is 10. The van der Waals surface area contributed by atoms with E-state index in [2.05, 4.69) is 27.9 Å². The van der Waals surface area contributed by atoms with Crippen LogP contribution in [0.5, 0.6) is 0 Å². The second kappa shape index (κ2) is 12.3. The number of nitrogens with zero attached hydrogens (tertiary/aromatic N) is 1. The molecule has 0 unspecified atom stereocenters. The molecule has 0 atom stereocenters. The van der Waals surface area contributed by atoms with Gasteiger partial charge in [0, 0.05) is 57.3 Å². The molecule has 0 radical (unpaired) electrons. The van der Waals surface area contributed by atoms with E-state index in [0.29, 0.717) is 29.3 Å². The average Bonchev–Trinajstić information content (AvgIpc) is 2.86. The van der Waals surface area contributed by atoms with Gasteiger partial charge >= 0.3 is 0 Å². The number of aromatic nitrogens is 1. The van der Waals surface area contributed by atoms with Crippen LogP contribution in [0.4, 0.5) is 15.9 Å². The van der Waals surface area contributed by atoms with E-state index in [-0.39, 0.29) is 11.2 Å². The van der Waals surface area contributed by atoms with E-state index in [4.69, 9.17) is 21.1 Å². The molecule has 1 aliphatic heterocycles. The molecule has 8 heteroatoms. The quantitative estimate of drug-likeness (QED) is 0.359. The van der Waals surface area contributed by atoms with Crippen LogP contribution in [0.15, 0.2) is 30.5 Å². The molecule has 35 heavy (non-hydrogen) atoms. The van der Waals surface area contributed by atoms with Crippen molar-refractivity contribution in [3.8, 4) is 11.1 Å². The molecule has 0 spiro atoms. The van der Waals surface area contributed by atoms with Crippen molar-refractivity contribution in [1.29, 1.82) is 0 Å². The summed E-state index contributed by atoms with van der Waals surface area (Å²) in [6.45, 7) is 6.08. The lowest BCUT2D eigenvalue weighted by atomic mass is 9.82. The zero-order valence-corrected chi connectivity index (χ0v) is 21.6. The molecular weight excluding hydrogens is 467 g/mol. The Balaban J connectivity index is 1.40. The maximum Gasteiger partial charge on any atom is 0.146 e. The van der Waals surface area contributed by atoms with Crippen LogP contribution in [-0.4, -0.2) is 57.1 Å². The first-order chi connectivity index (χ1) is 17.0. The minimum absolute atomic E-state index is 0.102. The zero-order chi connectivity index (χ0) is 24.7. The molecule has 2 fully saturated rings. The van der Waals surface area contributed by atoms with Crippen molar-refractivity contribution in [3.63, 3.8) is 0 Å². The van der Waals surface area contributed by atoms with Gasteiger partial charge in [0.15, 0.2) is 0 Å². The molecule has 1 saturated heterocycles. The molecule has 6 nitrogen and oxygen atoms in total. The Morgan fingerprint density at radius 1 is 1.14 bits per heavy atom. The van der Waals surface area contributed by atoms with Gasteiger partial charge in [-0.05, 0) is 67.7 Å². The van der Waals surface area contributed by atoms with Crippen LogP contribution in [0.2, 0.25) is 5.02 Å². The number of halogens is 2. The van der Waals surface area contributed by atoms with Gasteiger partial charge in [-0.2, -0.15) is 0 Å². The maximum atomic E-state index is 14.6. The van der Waals surface area contributed by atoms with Crippen molar-refractivity contribution in [1.82, 2.24) is 10.3 Å². The SMILES string of the molecule is COCCNC1CCC(Nc2cc(-c3ccc(F)c(NCC4(C)CCOCC4)c3)c(Cl)cn2)CC1. The van der Waals surface area contributed by atoms with Gasteiger partial charge in [0.1, 0.15) is 11.6 Å². The molecule has 1 aliphatic carbocycles. The fourth-order valence-electron chi connectivity index (χ4n) is 4.93. The van der Waals surface area contributed by atoms with E-state index in [9.17, 15) is 4.39 Å². The van der Waals surface area contributed by atoms with Gasteiger partial charge in [-0.15, -0.1) is 0 Å². The number of hydrogen-bond donors (Lipinski definition) is 3. The minimum atomic E-state index is -0.260. The van der Waals surface area contributed by atoms with Crippen molar-refractivity contribution in [3.05, 3.63) is 41.3 Å². The number of pyridine rings is 1. The maximum absolute atomic E-state index is 14.6. The lowest BCUT2D eigenvalue weighted by molar-refractivity contribution is 0.0300. The fourth-order valence-corrected chi connectivity index (χ4v) is 5.15. The molecule has 0 bridgehead atoms. The highest BCUT2D eigenvalue weighted by Gasteiger charge is 2.27. The van der Waals surface area contributed by atoms with Crippen LogP contribution < -0.4 is 16.0 Å². The third kappa shape index (κ3) is 7.29. The third-order valence-electron chi connectivity index (χ3n) is 7.36. The van der Waals surface area contributed by atoms with Crippen LogP contribution >= 0.6 is 11.6 Å². The average molecular weight is 505 g/mol. The minimum Gasteiger partial charge on any atom is -0.383 e. The Morgan fingerprint density at radius 2 is 1.89 bits per heavy atom. The number of hydrogen-bond acceptors (Lipinski definition) is 6. The van der Waals surface area contributed by atoms with Gasteiger partial charge < -0.3 is 25.4 Å². The van der Waals surface area contributed by atoms with Crippen molar-refractivity contribution >= 4 is 23.1 Å². The Bertz CT molecular complexity index is 962. The summed E-state index contributed by atoms with van der Waals surface area (Å²) in [6, 6.07) is 8.03. The standard InChI is InChI=1S/C27H38ClFN4O2/c1-27(9-12-35-13-10-27)18-32-25-15-19(3-8-24(25)29)22-16-26(31-17-23(22)28)33-21-6-4-20(5-7-21)30-11-14-34-2/h3,8,15-17,20-21,30,32H,4-7,9-14,18H2,1-2H3,(H,31,33). The molecular formula is C27H38ClFN4O2. The van der Waals surface area contributed by atoms with E-state index >= 15 is 0 Å². The molecule has 2 aromatic rings. The highest BCUT2D eigenvalue weighted by Crippen LogP contribution is 2.34. The van der Waals surface area contributed by atoms with Gasteiger partial charge in [0.2, 0.25) is 0 Å². The fraction of sp³-hybridized carbons (Fsp3) is 0.593. The Hall–Kier alpha value is -1.93. The molecule has 0 amide bonds. The lowest BCUT2D eigenvalue weighted by Gasteiger charge is -2.34. The van der Waals surface area contributed by atoms with Gasteiger partial charge in [-0.25, -0.2) is 9.37 Å². The second-order valence-electron chi connectivity index (χ2n) is 10.2. The van der Waals surface area contributed by atoms with Crippen molar-refractivity contribution in [2.45, 2.75) is 57.5 Å². The van der Waals surface area contributed by atoms with Crippen molar-refractivity contribution < 1.29 is 13.9 Å². The summed E-state index contributed by atoms with van der Waals surface area (Å²) < 4.78 is 25.2. The summed E-state index contributed by atoms with van der Waals surface area (Å²) in [4.78, 5) is 4.51. The third-order valence-corrected chi connectivity index (χ3v) is 7.66. The number of methoxy groups -OCH3 is 1. The van der Waals surface area contributed by atoms with Gasteiger partial charge in [0.05, 0.1) is 17.3 Å². The summed E-state index contributed by atoms with van der Waals surface area (Å²) >= 11 is 6.53. The normalized spacial score (nSPS) is 22.1. The molecule has 2 heterocycles. The Labute approximate surface area is 213 Å². The molecule has 1 saturated carbocycles. The predicted molar refractivity (Wildman–Crippen MR) is 141 cm³/mol. The van der Waals surface area contributed by atoms with E-state index < -0.39 is 0 Å². The van der Waals surface area contributed by atoms with E-state index in [1.165, 1.54) is 6.07 Å². The number of anilines is 2. The van der Waals surface area contributed by atoms with Crippen LogP contribution in [-0.2, 0) is 9.47 Å². The number of nitrogens with one attached hydrogen (secondary N) is 3. The predicted octanol–water partition coefficient (Wildman–Crippen LogP) is 5.73. The van der Waals surface area contributed by atoms with E-state index in [1.807, 2.05) is 12.1 Å². The highest BCUT2D eigenvalue weighted by atomic mass is 35.5. The van der Waals surface area contributed by atoms with Crippen LogP contribution in [0.3, 0.4) is 0 Å². The molecule has 3 N–H and O–H groups in total. The van der Waals surface area contributed by atoms with Crippen molar-refractivity contribution in [2.75, 3.05) is 50.7 Å². The van der Waals surface area contributed by atoms with Crippen LogP contribution in [0.25, 0.3) is 11.1 Å². The smallest absolute Gasteiger partial charge is 0.146 e. The number of benzene rings is 1.